The third-order valence-electron chi connectivity index (χ3n) is 3.77. The van der Waals surface area contributed by atoms with Crippen LogP contribution in [0, 0.1) is 0 Å². The highest BCUT2D eigenvalue weighted by Crippen LogP contribution is 2.39. The van der Waals surface area contributed by atoms with Crippen molar-refractivity contribution in [2.45, 2.75) is 13.8 Å². The lowest BCUT2D eigenvalue weighted by atomic mass is 10.2. The summed E-state index contributed by atoms with van der Waals surface area (Å²) in [5.74, 6) is 1.61. The first-order valence-electron chi connectivity index (χ1n) is 8.25. The second kappa shape index (κ2) is 7.78. The molecule has 0 saturated carbocycles. The fraction of sp³-hybridized carbons (Fsp3) is 0.263. The molecule has 1 aromatic heterocycles. The van der Waals surface area contributed by atoms with Gasteiger partial charge in [-0.15, -0.1) is 0 Å². The number of carbonyl (C=O) groups excluding carboxylic acids is 1. The molecule has 0 atom stereocenters. The van der Waals surface area contributed by atoms with Crippen molar-refractivity contribution in [3.63, 3.8) is 0 Å². The summed E-state index contributed by atoms with van der Waals surface area (Å²) in [5.41, 5.74) is 2.83. The molecule has 26 heavy (non-hydrogen) atoms. The molecule has 0 amide bonds. The summed E-state index contributed by atoms with van der Waals surface area (Å²) in [6, 6.07) is 9.02. The van der Waals surface area contributed by atoms with E-state index in [0.717, 1.165) is 21.1 Å². The molecule has 0 saturated heterocycles. The number of hydrogen-bond donors (Lipinski definition) is 1. The van der Waals surface area contributed by atoms with Crippen molar-refractivity contribution in [1.82, 2.24) is 9.97 Å². The normalized spacial score (nSPS) is 10.8. The molecule has 2 aromatic carbocycles. The van der Waals surface area contributed by atoms with Crippen LogP contribution >= 0.6 is 15.9 Å². The van der Waals surface area contributed by atoms with Crippen LogP contribution in [0.15, 0.2) is 34.8 Å². The number of nitrogens with zero attached hydrogens (tertiary/aromatic N) is 1. The van der Waals surface area contributed by atoms with Gasteiger partial charge >= 0.3 is 5.97 Å². The fourth-order valence-corrected chi connectivity index (χ4v) is 3.20. The van der Waals surface area contributed by atoms with Crippen molar-refractivity contribution in [2.75, 3.05) is 20.3 Å². The van der Waals surface area contributed by atoms with Gasteiger partial charge in [-0.3, -0.25) is 0 Å². The lowest BCUT2D eigenvalue weighted by Gasteiger charge is -2.13. The molecule has 0 radical (unpaired) electrons. The number of aromatic nitrogens is 2. The predicted molar refractivity (Wildman–Crippen MR) is 103 cm³/mol. The smallest absolute Gasteiger partial charge is 0.337 e. The SMILES string of the molecule is CCOc1cc(-c2nc3ccc(C(=O)OC)cc3[nH]2)cc(Br)c1OCC. The summed E-state index contributed by atoms with van der Waals surface area (Å²) in [7, 11) is 1.36. The van der Waals surface area contributed by atoms with E-state index in [1.165, 1.54) is 7.11 Å². The van der Waals surface area contributed by atoms with Gasteiger partial charge in [0, 0.05) is 5.56 Å². The van der Waals surface area contributed by atoms with Gasteiger partial charge in [0.15, 0.2) is 11.5 Å². The molecule has 6 nitrogen and oxygen atoms in total. The number of ether oxygens (including phenoxy) is 3. The Morgan fingerprint density at radius 2 is 1.92 bits per heavy atom. The summed E-state index contributed by atoms with van der Waals surface area (Å²) in [5, 5.41) is 0. The van der Waals surface area contributed by atoms with E-state index >= 15 is 0 Å². The highest BCUT2D eigenvalue weighted by Gasteiger charge is 2.15. The van der Waals surface area contributed by atoms with E-state index in [9.17, 15) is 4.79 Å². The molecule has 0 aliphatic heterocycles. The number of nitrogens with one attached hydrogen (secondary N) is 1. The van der Waals surface area contributed by atoms with Crippen molar-refractivity contribution in [3.8, 4) is 22.9 Å². The van der Waals surface area contributed by atoms with E-state index in [2.05, 4.69) is 25.9 Å². The van der Waals surface area contributed by atoms with E-state index in [1.807, 2.05) is 26.0 Å². The van der Waals surface area contributed by atoms with Crippen LogP contribution in [0.1, 0.15) is 24.2 Å². The number of hydrogen-bond acceptors (Lipinski definition) is 5. The van der Waals surface area contributed by atoms with Crippen molar-refractivity contribution in [3.05, 3.63) is 40.4 Å². The van der Waals surface area contributed by atoms with Crippen LogP contribution in [0.2, 0.25) is 0 Å². The van der Waals surface area contributed by atoms with Gasteiger partial charge in [-0.25, -0.2) is 9.78 Å². The number of esters is 1. The fourth-order valence-electron chi connectivity index (χ4n) is 2.64. The van der Waals surface area contributed by atoms with Gasteiger partial charge < -0.3 is 19.2 Å². The maximum absolute atomic E-state index is 11.7. The number of carbonyl (C=O) groups is 1. The molecule has 7 heteroatoms. The molecular weight excluding hydrogens is 400 g/mol. The predicted octanol–water partition coefficient (Wildman–Crippen LogP) is 4.58. The molecular formula is C19H19BrN2O4. The number of imidazole rings is 1. The van der Waals surface area contributed by atoms with Gasteiger partial charge in [0.1, 0.15) is 5.82 Å². The molecule has 0 spiro atoms. The number of H-pyrrole nitrogens is 1. The Hall–Kier alpha value is -2.54. The second-order valence-corrected chi connectivity index (χ2v) is 6.31. The van der Waals surface area contributed by atoms with Gasteiger partial charge in [0.2, 0.25) is 0 Å². The lowest BCUT2D eigenvalue weighted by Crippen LogP contribution is -2.00. The van der Waals surface area contributed by atoms with Crippen LogP contribution in [0.25, 0.3) is 22.4 Å². The third kappa shape index (κ3) is 3.53. The molecule has 1 N–H and O–H groups in total. The van der Waals surface area contributed by atoms with E-state index in [0.29, 0.717) is 36.1 Å². The minimum atomic E-state index is -0.384. The summed E-state index contributed by atoms with van der Waals surface area (Å²) in [6.07, 6.45) is 0. The van der Waals surface area contributed by atoms with E-state index in [4.69, 9.17) is 14.2 Å². The van der Waals surface area contributed by atoms with Crippen LogP contribution in [0.5, 0.6) is 11.5 Å². The van der Waals surface area contributed by atoms with Crippen molar-refractivity contribution < 1.29 is 19.0 Å². The average molecular weight is 419 g/mol. The number of aromatic amines is 1. The Morgan fingerprint density at radius 3 is 2.62 bits per heavy atom. The Kier molecular flexibility index (Phi) is 5.46. The zero-order valence-corrected chi connectivity index (χ0v) is 16.3. The summed E-state index contributed by atoms with van der Waals surface area (Å²) in [4.78, 5) is 19.5. The summed E-state index contributed by atoms with van der Waals surface area (Å²) in [6.45, 7) is 4.91. The largest absolute Gasteiger partial charge is 0.490 e. The first kappa shape index (κ1) is 18.3. The molecule has 0 unspecified atom stereocenters. The molecule has 0 aliphatic carbocycles. The topological polar surface area (TPSA) is 73.4 Å². The maximum atomic E-state index is 11.7. The number of benzene rings is 2. The van der Waals surface area contributed by atoms with E-state index in [-0.39, 0.29) is 5.97 Å². The monoisotopic (exact) mass is 418 g/mol. The zero-order valence-electron chi connectivity index (χ0n) is 14.8. The van der Waals surface area contributed by atoms with Crippen molar-refractivity contribution >= 4 is 32.9 Å². The van der Waals surface area contributed by atoms with Crippen LogP contribution < -0.4 is 9.47 Å². The minimum Gasteiger partial charge on any atom is -0.490 e. The van der Waals surface area contributed by atoms with Gasteiger partial charge in [0.25, 0.3) is 0 Å². The van der Waals surface area contributed by atoms with E-state index < -0.39 is 0 Å². The van der Waals surface area contributed by atoms with Crippen LogP contribution in [0.3, 0.4) is 0 Å². The Labute approximate surface area is 159 Å². The standard InChI is InChI=1S/C19H19BrN2O4/c1-4-25-16-10-12(8-13(20)17(16)26-5-2)18-21-14-7-6-11(19(23)24-3)9-15(14)22-18/h6-10H,4-5H2,1-3H3,(H,21,22). The van der Waals surface area contributed by atoms with E-state index in [1.54, 1.807) is 18.2 Å². The second-order valence-electron chi connectivity index (χ2n) is 5.46. The number of rotatable bonds is 6. The molecule has 136 valence electrons. The molecule has 0 fully saturated rings. The van der Waals surface area contributed by atoms with Crippen molar-refractivity contribution in [2.24, 2.45) is 0 Å². The third-order valence-corrected chi connectivity index (χ3v) is 4.36. The van der Waals surface area contributed by atoms with Gasteiger partial charge in [-0.2, -0.15) is 0 Å². The quantitative estimate of drug-likeness (QED) is 0.593. The molecule has 0 bridgehead atoms. The van der Waals surface area contributed by atoms with Crippen molar-refractivity contribution in [1.29, 1.82) is 0 Å². The molecule has 0 aliphatic rings. The first-order chi connectivity index (χ1) is 12.6. The van der Waals surface area contributed by atoms with Crippen LogP contribution in [-0.2, 0) is 4.74 Å². The molecule has 3 rings (SSSR count). The summed E-state index contributed by atoms with van der Waals surface area (Å²) < 4.78 is 16.9. The summed E-state index contributed by atoms with van der Waals surface area (Å²) >= 11 is 3.54. The Balaban J connectivity index is 2.06. The molecule has 3 aromatic rings. The minimum absolute atomic E-state index is 0.384. The molecule has 1 heterocycles. The van der Waals surface area contributed by atoms with Gasteiger partial charge in [-0.1, -0.05) is 0 Å². The Morgan fingerprint density at radius 1 is 1.15 bits per heavy atom. The number of methoxy groups -OCH3 is 1. The highest BCUT2D eigenvalue weighted by atomic mass is 79.9. The number of halogens is 1. The van der Waals surface area contributed by atoms with Crippen LogP contribution in [0.4, 0.5) is 0 Å². The Bertz CT molecular complexity index is 952. The lowest BCUT2D eigenvalue weighted by molar-refractivity contribution is 0.0601. The van der Waals surface area contributed by atoms with Crippen LogP contribution in [-0.4, -0.2) is 36.3 Å². The first-order valence-corrected chi connectivity index (χ1v) is 9.04. The van der Waals surface area contributed by atoms with Gasteiger partial charge in [0.05, 0.1) is 41.4 Å². The average Bonchev–Trinajstić information content (AvgIpc) is 3.07. The maximum Gasteiger partial charge on any atom is 0.337 e. The van der Waals surface area contributed by atoms with Gasteiger partial charge in [-0.05, 0) is 60.1 Å². The number of fused-ring (bicyclic) bond motifs is 1. The highest BCUT2D eigenvalue weighted by molar-refractivity contribution is 9.10. The zero-order chi connectivity index (χ0) is 18.7.